The minimum atomic E-state index is -0.838. The lowest BCUT2D eigenvalue weighted by molar-refractivity contribution is -0.137. The van der Waals surface area contributed by atoms with E-state index in [1.165, 1.54) is 6.92 Å². The number of ether oxygens (including phenoxy) is 1. The van der Waals surface area contributed by atoms with Gasteiger partial charge in [-0.3, -0.25) is 9.59 Å². The van der Waals surface area contributed by atoms with Gasteiger partial charge in [0.15, 0.2) is 0 Å². The van der Waals surface area contributed by atoms with E-state index in [0.717, 1.165) is 38.7 Å². The molecule has 1 amide bonds. The number of para-hydroxylation sites is 2. The zero-order valence-electron chi connectivity index (χ0n) is 18.3. The van der Waals surface area contributed by atoms with Crippen LogP contribution in [-0.4, -0.2) is 28.6 Å². The van der Waals surface area contributed by atoms with Crippen LogP contribution in [0.3, 0.4) is 0 Å². The Morgan fingerprint density at radius 2 is 1.58 bits per heavy atom. The van der Waals surface area contributed by atoms with Crippen LogP contribution in [0.2, 0.25) is 0 Å². The quantitative estimate of drug-likeness (QED) is 0.234. The average Bonchev–Trinajstić information content (AvgIpc) is 2.78. The molecule has 1 heterocycles. The lowest BCUT2D eigenvalue weighted by atomic mass is 10.1. The Kier molecular flexibility index (Phi) is 6.80. The summed E-state index contributed by atoms with van der Waals surface area (Å²) < 4.78 is 5.66. The van der Waals surface area contributed by atoms with E-state index in [-0.39, 0.29) is 12.3 Å². The normalized spacial score (nSPS) is 10.9. The molecule has 4 aromatic rings. The maximum Gasteiger partial charge on any atom is 0.303 e. The fraction of sp³-hybridized carbons (Fsp3) is 0.192. The predicted octanol–water partition coefficient (Wildman–Crippen LogP) is 5.47. The summed E-state index contributed by atoms with van der Waals surface area (Å²) in [6.07, 6.45) is 0.516. The molecule has 0 aliphatic rings. The molecule has 7 heteroatoms. The number of fused-ring (bicyclic) bond motifs is 2. The number of aromatic nitrogens is 1. The van der Waals surface area contributed by atoms with Crippen molar-refractivity contribution in [3.05, 3.63) is 72.3 Å². The Morgan fingerprint density at radius 1 is 0.939 bits per heavy atom. The van der Waals surface area contributed by atoms with E-state index in [1.54, 1.807) is 0 Å². The summed E-state index contributed by atoms with van der Waals surface area (Å²) in [6.45, 7) is 2.12. The number of benzene rings is 3. The molecule has 4 rings (SSSR count). The summed E-state index contributed by atoms with van der Waals surface area (Å²) in [6, 6.07) is 21.6. The Labute approximate surface area is 191 Å². The number of anilines is 3. The maximum absolute atomic E-state index is 11.7. The molecule has 3 aromatic carbocycles. The number of amides is 1. The van der Waals surface area contributed by atoms with Crippen molar-refractivity contribution >= 4 is 50.7 Å². The number of nitrogens with one attached hydrogen (secondary N) is 2. The van der Waals surface area contributed by atoms with Gasteiger partial charge in [-0.2, -0.15) is 0 Å². The van der Waals surface area contributed by atoms with Gasteiger partial charge < -0.3 is 20.5 Å². The molecule has 7 nitrogen and oxygen atoms in total. The Morgan fingerprint density at radius 3 is 2.21 bits per heavy atom. The van der Waals surface area contributed by atoms with Crippen molar-refractivity contribution in [1.29, 1.82) is 0 Å². The van der Waals surface area contributed by atoms with E-state index < -0.39 is 5.97 Å². The van der Waals surface area contributed by atoms with Gasteiger partial charge in [0.05, 0.1) is 23.3 Å². The first-order valence-corrected chi connectivity index (χ1v) is 10.8. The number of aliphatic carboxylic acids is 1. The minimum absolute atomic E-state index is 0.0704. The molecule has 0 saturated carbocycles. The first-order chi connectivity index (χ1) is 16.0. The molecular formula is C26H25N3O4. The number of nitrogens with zero attached hydrogens (tertiary/aromatic N) is 1. The highest BCUT2D eigenvalue weighted by Gasteiger charge is 2.11. The van der Waals surface area contributed by atoms with Crippen molar-refractivity contribution in [3.63, 3.8) is 0 Å². The average molecular weight is 444 g/mol. The second-order valence-corrected chi connectivity index (χ2v) is 7.80. The molecule has 33 heavy (non-hydrogen) atoms. The van der Waals surface area contributed by atoms with Gasteiger partial charge in [-0.15, -0.1) is 0 Å². The summed E-state index contributed by atoms with van der Waals surface area (Å²) in [4.78, 5) is 27.1. The molecule has 0 atom stereocenters. The van der Waals surface area contributed by atoms with Crippen LogP contribution in [0.15, 0.2) is 66.7 Å². The number of hydrogen-bond acceptors (Lipinski definition) is 5. The van der Waals surface area contributed by atoms with E-state index in [2.05, 4.69) is 10.6 Å². The van der Waals surface area contributed by atoms with Crippen LogP contribution in [0.5, 0.6) is 0 Å². The molecule has 0 spiro atoms. The highest BCUT2D eigenvalue weighted by molar-refractivity contribution is 6.08. The van der Waals surface area contributed by atoms with Crippen LogP contribution in [0.1, 0.15) is 25.3 Å². The van der Waals surface area contributed by atoms with Crippen molar-refractivity contribution in [2.24, 2.45) is 0 Å². The number of hydrogen-bond donors (Lipinski definition) is 3. The molecule has 0 aliphatic heterocycles. The summed E-state index contributed by atoms with van der Waals surface area (Å²) >= 11 is 0. The van der Waals surface area contributed by atoms with Crippen molar-refractivity contribution < 1.29 is 19.4 Å². The Hall–Kier alpha value is -3.97. The van der Waals surface area contributed by atoms with Crippen molar-refractivity contribution in [3.8, 4) is 0 Å². The van der Waals surface area contributed by atoms with E-state index >= 15 is 0 Å². The highest BCUT2D eigenvalue weighted by Crippen LogP contribution is 2.34. The molecule has 0 saturated heterocycles. The van der Waals surface area contributed by atoms with Crippen LogP contribution < -0.4 is 10.6 Å². The van der Waals surface area contributed by atoms with Gasteiger partial charge in [0.2, 0.25) is 5.91 Å². The fourth-order valence-corrected chi connectivity index (χ4v) is 3.76. The third-order valence-electron chi connectivity index (χ3n) is 5.12. The smallest absolute Gasteiger partial charge is 0.303 e. The molecule has 0 unspecified atom stereocenters. The number of pyridine rings is 1. The zero-order valence-corrected chi connectivity index (χ0v) is 18.3. The van der Waals surface area contributed by atoms with Gasteiger partial charge in [0, 0.05) is 42.1 Å². The van der Waals surface area contributed by atoms with Gasteiger partial charge in [-0.1, -0.05) is 36.4 Å². The lowest BCUT2D eigenvalue weighted by Gasteiger charge is -2.16. The molecule has 0 bridgehead atoms. The summed E-state index contributed by atoms with van der Waals surface area (Å²) in [7, 11) is 0. The number of carboxylic acids is 1. The van der Waals surface area contributed by atoms with Crippen LogP contribution >= 0.6 is 0 Å². The highest BCUT2D eigenvalue weighted by atomic mass is 16.5. The predicted molar refractivity (Wildman–Crippen MR) is 130 cm³/mol. The second-order valence-electron chi connectivity index (χ2n) is 7.80. The number of carbonyl (C=O) groups excluding carboxylic acids is 1. The molecule has 168 valence electrons. The van der Waals surface area contributed by atoms with Gasteiger partial charge in [0.25, 0.3) is 0 Å². The number of rotatable bonds is 9. The molecule has 1 aromatic heterocycles. The summed E-state index contributed by atoms with van der Waals surface area (Å²) in [5.74, 6) is -1.00. The van der Waals surface area contributed by atoms with Crippen LogP contribution in [0.4, 0.5) is 17.1 Å². The summed E-state index contributed by atoms with van der Waals surface area (Å²) in [5, 5.41) is 17.1. The first-order valence-electron chi connectivity index (χ1n) is 10.8. The standard InChI is InChI=1S/C26H25N3O4/c1-17(30)27-19-13-18(16-33-12-6-11-25(31)32)14-20(15-19)28-26-21-7-2-4-9-23(21)29-24-10-5-3-8-22(24)26/h2-5,7-10,13-15H,6,11-12,16H2,1H3,(H,27,30)(H,28,29)(H,31,32). The van der Waals surface area contributed by atoms with Crippen molar-refractivity contribution in [2.75, 3.05) is 17.2 Å². The van der Waals surface area contributed by atoms with Crippen molar-refractivity contribution in [1.82, 2.24) is 4.98 Å². The molecule has 3 N–H and O–H groups in total. The monoisotopic (exact) mass is 443 g/mol. The van der Waals surface area contributed by atoms with E-state index in [4.69, 9.17) is 14.8 Å². The van der Waals surface area contributed by atoms with Gasteiger partial charge >= 0.3 is 5.97 Å². The Balaban J connectivity index is 1.67. The number of carboxylic acid groups (broad SMARTS) is 1. The summed E-state index contributed by atoms with van der Waals surface area (Å²) in [5.41, 5.74) is 5.02. The van der Waals surface area contributed by atoms with Gasteiger partial charge in [-0.25, -0.2) is 4.98 Å². The van der Waals surface area contributed by atoms with Crippen LogP contribution in [0.25, 0.3) is 21.8 Å². The largest absolute Gasteiger partial charge is 0.481 e. The third-order valence-corrected chi connectivity index (χ3v) is 5.12. The van der Waals surface area contributed by atoms with Crippen LogP contribution in [0, 0.1) is 0 Å². The van der Waals surface area contributed by atoms with E-state index in [0.29, 0.717) is 25.3 Å². The first kappa shape index (κ1) is 22.2. The zero-order chi connectivity index (χ0) is 23.2. The molecule has 0 fully saturated rings. The second kappa shape index (κ2) is 10.1. The molecule has 0 radical (unpaired) electrons. The van der Waals surface area contributed by atoms with E-state index in [9.17, 15) is 9.59 Å². The molecular weight excluding hydrogens is 418 g/mol. The third kappa shape index (κ3) is 5.64. The minimum Gasteiger partial charge on any atom is -0.481 e. The van der Waals surface area contributed by atoms with Gasteiger partial charge in [0.1, 0.15) is 0 Å². The topological polar surface area (TPSA) is 101 Å². The lowest BCUT2D eigenvalue weighted by Crippen LogP contribution is -2.07. The van der Waals surface area contributed by atoms with Crippen molar-refractivity contribution in [2.45, 2.75) is 26.4 Å². The number of carbonyl (C=O) groups is 2. The SMILES string of the molecule is CC(=O)Nc1cc(COCCCC(=O)O)cc(Nc2c3ccccc3nc3ccccc23)c1. The van der Waals surface area contributed by atoms with E-state index in [1.807, 2.05) is 66.7 Å². The van der Waals surface area contributed by atoms with Crippen LogP contribution in [-0.2, 0) is 20.9 Å². The van der Waals surface area contributed by atoms with Gasteiger partial charge in [-0.05, 0) is 42.3 Å². The fourth-order valence-electron chi connectivity index (χ4n) is 3.76. The maximum atomic E-state index is 11.7. The Bertz CT molecular complexity index is 1270. The molecule has 0 aliphatic carbocycles.